The Balaban J connectivity index is 0.000000671. The molecule has 1 nitrogen and oxygen atoms in total. The summed E-state index contributed by atoms with van der Waals surface area (Å²) < 4.78 is 0. The van der Waals surface area contributed by atoms with Crippen molar-refractivity contribution in [2.24, 2.45) is 0 Å². The summed E-state index contributed by atoms with van der Waals surface area (Å²) in [6, 6.07) is 8.13. The summed E-state index contributed by atoms with van der Waals surface area (Å²) in [6.45, 7) is 10.8. The van der Waals surface area contributed by atoms with E-state index in [-0.39, 0.29) is 0 Å². The van der Waals surface area contributed by atoms with Crippen LogP contribution in [0, 0.1) is 0 Å². The van der Waals surface area contributed by atoms with Crippen LogP contribution < -0.4 is 5.32 Å². The Morgan fingerprint density at radius 2 is 1.92 bits per heavy atom. The number of benzene rings is 1. The summed E-state index contributed by atoms with van der Waals surface area (Å²) in [6.07, 6.45) is 1.86. The lowest BCUT2D eigenvalue weighted by Gasteiger charge is -2.05. The zero-order valence-electron chi connectivity index (χ0n) is 8.80. The van der Waals surface area contributed by atoms with Gasteiger partial charge in [-0.15, -0.1) is 0 Å². The summed E-state index contributed by atoms with van der Waals surface area (Å²) in [5.41, 5.74) is 2.32. The van der Waals surface area contributed by atoms with Gasteiger partial charge in [0.15, 0.2) is 0 Å². The van der Waals surface area contributed by atoms with Gasteiger partial charge in [-0.1, -0.05) is 44.7 Å². The van der Waals surface area contributed by atoms with Crippen molar-refractivity contribution in [1.29, 1.82) is 0 Å². The van der Waals surface area contributed by atoms with Crippen molar-refractivity contribution in [2.75, 3.05) is 11.9 Å². The van der Waals surface area contributed by atoms with E-state index in [1.165, 1.54) is 0 Å². The van der Waals surface area contributed by atoms with Gasteiger partial charge in [-0.2, -0.15) is 0 Å². The second-order valence-electron chi connectivity index (χ2n) is 2.32. The van der Waals surface area contributed by atoms with E-state index in [4.69, 9.17) is 0 Å². The molecule has 1 heteroatoms. The first kappa shape index (κ1) is 11.8. The molecule has 0 aliphatic heterocycles. The van der Waals surface area contributed by atoms with Gasteiger partial charge in [-0.3, -0.25) is 0 Å². The van der Waals surface area contributed by atoms with Gasteiger partial charge in [0, 0.05) is 12.2 Å². The number of anilines is 1. The van der Waals surface area contributed by atoms with Gasteiger partial charge >= 0.3 is 0 Å². The van der Waals surface area contributed by atoms with E-state index in [9.17, 15) is 0 Å². The quantitative estimate of drug-likeness (QED) is 0.740. The molecule has 72 valence electrons. The first-order chi connectivity index (χ1) is 6.38. The Morgan fingerprint density at radius 3 is 2.46 bits per heavy atom. The van der Waals surface area contributed by atoms with E-state index in [1.807, 2.05) is 38.1 Å². The number of nitrogens with one attached hydrogen (secondary N) is 1. The average Bonchev–Trinajstić information content (AvgIpc) is 2.22. The summed E-state index contributed by atoms with van der Waals surface area (Å²) >= 11 is 0. The van der Waals surface area contributed by atoms with Gasteiger partial charge in [0.1, 0.15) is 0 Å². The van der Waals surface area contributed by atoms with Gasteiger partial charge in [0.2, 0.25) is 0 Å². The molecule has 0 aromatic heterocycles. The highest BCUT2D eigenvalue weighted by molar-refractivity contribution is 5.65. The van der Waals surface area contributed by atoms with Gasteiger partial charge in [0.05, 0.1) is 0 Å². The molecule has 0 spiro atoms. The number of hydrogen-bond donors (Lipinski definition) is 1. The summed E-state index contributed by atoms with van der Waals surface area (Å²) in [5.74, 6) is 0. The maximum atomic E-state index is 3.73. The van der Waals surface area contributed by atoms with Crippen LogP contribution in [0.25, 0.3) is 6.08 Å². The molecule has 13 heavy (non-hydrogen) atoms. The van der Waals surface area contributed by atoms with Crippen LogP contribution in [0.1, 0.15) is 26.3 Å². The van der Waals surface area contributed by atoms with Crippen molar-refractivity contribution in [3.63, 3.8) is 0 Å². The molecule has 0 aliphatic carbocycles. The predicted octanol–water partition coefficient (Wildman–Crippen LogP) is 3.79. The topological polar surface area (TPSA) is 12.0 Å². The van der Waals surface area contributed by atoms with Crippen molar-refractivity contribution in [2.45, 2.75) is 20.8 Å². The van der Waals surface area contributed by atoms with Crippen LogP contribution >= 0.6 is 0 Å². The zero-order chi connectivity index (χ0) is 10.1. The molecule has 0 bridgehead atoms. The minimum atomic E-state index is 0.949. The Hall–Kier alpha value is -1.24. The highest BCUT2D eigenvalue weighted by Gasteiger charge is 1.93. The number of rotatable bonds is 3. The lowest BCUT2D eigenvalue weighted by atomic mass is 10.2. The standard InChI is InChI=1S/C10H13N.C2H6/c1-3-9-7-5-6-8-10(9)11-4-2;1-2/h3,5-8,11H,1,4H2,2H3;1-2H3. The summed E-state index contributed by atoms with van der Waals surface area (Å²) in [7, 11) is 0. The zero-order valence-corrected chi connectivity index (χ0v) is 8.80. The first-order valence-corrected chi connectivity index (χ1v) is 4.83. The van der Waals surface area contributed by atoms with E-state index in [1.54, 1.807) is 0 Å². The van der Waals surface area contributed by atoms with Crippen LogP contribution in [-0.4, -0.2) is 6.54 Å². The van der Waals surface area contributed by atoms with Crippen LogP contribution in [-0.2, 0) is 0 Å². The third-order valence-corrected chi connectivity index (χ3v) is 1.55. The minimum Gasteiger partial charge on any atom is -0.385 e. The lowest BCUT2D eigenvalue weighted by Crippen LogP contribution is -1.97. The summed E-state index contributed by atoms with van der Waals surface area (Å²) in [4.78, 5) is 0. The molecule has 1 aromatic carbocycles. The Labute approximate surface area is 81.5 Å². The molecule has 0 saturated carbocycles. The van der Waals surface area contributed by atoms with Crippen molar-refractivity contribution < 1.29 is 0 Å². The van der Waals surface area contributed by atoms with Crippen molar-refractivity contribution in [1.82, 2.24) is 0 Å². The van der Waals surface area contributed by atoms with Crippen LogP contribution in [0.2, 0.25) is 0 Å². The fourth-order valence-electron chi connectivity index (χ4n) is 1.03. The van der Waals surface area contributed by atoms with Crippen LogP contribution in [0.3, 0.4) is 0 Å². The maximum absolute atomic E-state index is 3.73. The Bertz CT molecular complexity index is 241. The molecule has 0 unspecified atom stereocenters. The second kappa shape index (κ2) is 7.41. The van der Waals surface area contributed by atoms with Crippen molar-refractivity contribution in [3.8, 4) is 0 Å². The van der Waals surface area contributed by atoms with Crippen molar-refractivity contribution >= 4 is 11.8 Å². The van der Waals surface area contributed by atoms with Crippen LogP contribution in [0.15, 0.2) is 30.8 Å². The van der Waals surface area contributed by atoms with E-state index >= 15 is 0 Å². The molecule has 0 radical (unpaired) electrons. The average molecular weight is 177 g/mol. The summed E-state index contributed by atoms with van der Waals surface area (Å²) in [5, 5.41) is 3.26. The normalized spacial score (nSPS) is 8.23. The highest BCUT2D eigenvalue weighted by atomic mass is 14.9. The molecule has 1 N–H and O–H groups in total. The fourth-order valence-corrected chi connectivity index (χ4v) is 1.03. The van der Waals surface area contributed by atoms with Crippen LogP contribution in [0.4, 0.5) is 5.69 Å². The smallest absolute Gasteiger partial charge is 0.0413 e. The maximum Gasteiger partial charge on any atom is 0.0413 e. The Morgan fingerprint density at radius 1 is 1.31 bits per heavy atom. The van der Waals surface area contributed by atoms with E-state index in [2.05, 4.69) is 24.9 Å². The van der Waals surface area contributed by atoms with Gasteiger partial charge in [-0.25, -0.2) is 0 Å². The van der Waals surface area contributed by atoms with E-state index in [0.717, 1.165) is 17.8 Å². The molecule has 0 atom stereocenters. The third kappa shape index (κ3) is 3.79. The molecule has 0 heterocycles. The molecule has 0 saturated heterocycles. The molecule has 0 fully saturated rings. The number of hydrogen-bond acceptors (Lipinski definition) is 1. The Kier molecular flexibility index (Phi) is 6.70. The van der Waals surface area contributed by atoms with Crippen molar-refractivity contribution in [3.05, 3.63) is 36.4 Å². The van der Waals surface area contributed by atoms with E-state index < -0.39 is 0 Å². The predicted molar refractivity (Wildman–Crippen MR) is 62.0 cm³/mol. The minimum absolute atomic E-state index is 0.949. The van der Waals surface area contributed by atoms with Gasteiger partial charge in [0.25, 0.3) is 0 Å². The van der Waals surface area contributed by atoms with E-state index in [0.29, 0.717) is 0 Å². The SMILES string of the molecule is C=Cc1ccccc1NCC.CC. The van der Waals surface area contributed by atoms with Crippen LogP contribution in [0.5, 0.6) is 0 Å². The highest BCUT2D eigenvalue weighted by Crippen LogP contribution is 2.14. The lowest BCUT2D eigenvalue weighted by molar-refractivity contribution is 1.21. The second-order valence-corrected chi connectivity index (χ2v) is 2.32. The fraction of sp³-hybridized carbons (Fsp3) is 0.333. The first-order valence-electron chi connectivity index (χ1n) is 4.83. The molecular weight excluding hydrogens is 158 g/mol. The van der Waals surface area contributed by atoms with Gasteiger partial charge in [-0.05, 0) is 18.6 Å². The molecule has 1 rings (SSSR count). The molecule has 0 amide bonds. The number of para-hydroxylation sites is 1. The molecular formula is C12H19N. The molecule has 0 aliphatic rings. The largest absolute Gasteiger partial charge is 0.385 e. The monoisotopic (exact) mass is 177 g/mol. The molecule has 1 aromatic rings. The third-order valence-electron chi connectivity index (χ3n) is 1.55. The van der Waals surface area contributed by atoms with Gasteiger partial charge < -0.3 is 5.32 Å².